The Bertz CT molecular complexity index is 938. The first-order valence-corrected chi connectivity index (χ1v) is 9.66. The summed E-state index contributed by atoms with van der Waals surface area (Å²) < 4.78 is 0. The Hall–Kier alpha value is -2.69. The summed E-state index contributed by atoms with van der Waals surface area (Å²) in [6.45, 7) is 4.30. The summed E-state index contributed by atoms with van der Waals surface area (Å²) in [7, 11) is 0. The molecular formula is C17H17N5O3S2. The highest BCUT2D eigenvalue weighted by Gasteiger charge is 2.24. The van der Waals surface area contributed by atoms with Crippen LogP contribution in [0.4, 0.5) is 10.8 Å². The van der Waals surface area contributed by atoms with E-state index in [9.17, 15) is 14.7 Å². The smallest absolute Gasteiger partial charge is 0.264 e. The van der Waals surface area contributed by atoms with Crippen LogP contribution >= 0.6 is 23.1 Å². The van der Waals surface area contributed by atoms with Gasteiger partial charge in [0.25, 0.3) is 5.91 Å². The molecule has 140 valence electrons. The lowest BCUT2D eigenvalue weighted by Crippen LogP contribution is -2.36. The molecule has 3 rings (SSSR count). The molecule has 1 aliphatic heterocycles. The topological polar surface area (TPSA) is 107 Å². The van der Waals surface area contributed by atoms with E-state index in [1.54, 1.807) is 30.5 Å². The van der Waals surface area contributed by atoms with Crippen molar-refractivity contribution in [3.63, 3.8) is 0 Å². The number of carbonyl (C=O) groups excluding carboxylic acids is 2. The number of aliphatic imine (C=N–C) groups is 1. The molecule has 0 spiro atoms. The van der Waals surface area contributed by atoms with Crippen LogP contribution < -0.4 is 15.8 Å². The number of carbonyl (C=O) groups is 2. The third-order valence-electron chi connectivity index (χ3n) is 3.48. The Morgan fingerprint density at radius 3 is 2.96 bits per heavy atom. The zero-order valence-electron chi connectivity index (χ0n) is 14.6. The van der Waals surface area contributed by atoms with E-state index in [-0.39, 0.29) is 11.7 Å². The molecule has 1 fully saturated rings. The number of thiazole rings is 1. The maximum atomic E-state index is 12.2. The third kappa shape index (κ3) is 4.54. The number of aromatic hydroxyl groups is 1. The lowest BCUT2D eigenvalue weighted by atomic mass is 10.2. The van der Waals surface area contributed by atoms with Gasteiger partial charge < -0.3 is 10.4 Å². The Labute approximate surface area is 164 Å². The van der Waals surface area contributed by atoms with E-state index in [4.69, 9.17) is 0 Å². The number of amidine groups is 1. The second-order valence-electron chi connectivity index (χ2n) is 5.48. The van der Waals surface area contributed by atoms with Gasteiger partial charge in [-0.1, -0.05) is 18.3 Å². The number of anilines is 1. The predicted molar refractivity (Wildman–Crippen MR) is 108 cm³/mol. The van der Waals surface area contributed by atoms with Crippen molar-refractivity contribution in [3.8, 4) is 5.75 Å². The summed E-state index contributed by atoms with van der Waals surface area (Å²) in [5.41, 5.74) is 4.35. The number of phenols is 1. The second kappa shape index (κ2) is 8.33. The molecule has 1 saturated heterocycles. The molecule has 2 heterocycles. The van der Waals surface area contributed by atoms with Crippen LogP contribution in [0.2, 0.25) is 0 Å². The Kier molecular flexibility index (Phi) is 5.89. The SMILES string of the molecule is CCNN(C=O)c1ncc(/C=C2\SC(=Nc3ccc(O)cc3C)NC2=O)s1. The molecule has 1 aromatic carbocycles. The third-order valence-corrected chi connectivity index (χ3v) is 5.33. The molecule has 3 N–H and O–H groups in total. The van der Waals surface area contributed by atoms with Crippen molar-refractivity contribution >= 4 is 57.5 Å². The predicted octanol–water partition coefficient (Wildman–Crippen LogP) is 2.54. The highest BCUT2D eigenvalue weighted by molar-refractivity contribution is 8.18. The van der Waals surface area contributed by atoms with Crippen LogP contribution in [0, 0.1) is 6.92 Å². The van der Waals surface area contributed by atoms with Crippen LogP contribution in [0.3, 0.4) is 0 Å². The molecule has 2 amide bonds. The van der Waals surface area contributed by atoms with Gasteiger partial charge in [-0.15, -0.1) is 0 Å². The van der Waals surface area contributed by atoms with Crippen molar-refractivity contribution in [1.29, 1.82) is 0 Å². The number of hydrogen-bond acceptors (Lipinski definition) is 8. The normalized spacial score (nSPS) is 16.7. The van der Waals surface area contributed by atoms with Gasteiger partial charge in [0.05, 0.1) is 15.5 Å². The van der Waals surface area contributed by atoms with E-state index in [1.165, 1.54) is 28.1 Å². The minimum Gasteiger partial charge on any atom is -0.508 e. The van der Waals surface area contributed by atoms with Gasteiger partial charge in [-0.2, -0.15) is 0 Å². The molecule has 10 heteroatoms. The standard InChI is InChI=1S/C17H17N5O3S2/c1-3-19-22(9-23)17-18-8-12(26-17)7-14-15(25)21-16(27-14)20-13-5-4-11(24)6-10(13)2/h4-9,19,24H,3H2,1-2H3,(H,20,21,25)/b14-7-. The lowest BCUT2D eigenvalue weighted by molar-refractivity contribution is -0.115. The summed E-state index contributed by atoms with van der Waals surface area (Å²) in [6.07, 6.45) is 3.97. The number of hydrazine groups is 1. The number of aryl methyl sites for hydroxylation is 1. The molecule has 1 aromatic heterocycles. The molecule has 0 aliphatic carbocycles. The number of rotatable bonds is 6. The first kappa shape index (κ1) is 19.1. The Morgan fingerprint density at radius 1 is 1.44 bits per heavy atom. The fraction of sp³-hybridized carbons (Fsp3) is 0.176. The van der Waals surface area contributed by atoms with E-state index in [2.05, 4.69) is 20.7 Å². The molecule has 0 atom stereocenters. The summed E-state index contributed by atoms with van der Waals surface area (Å²) in [5.74, 6) is -0.0767. The molecule has 0 radical (unpaired) electrons. The molecule has 0 unspecified atom stereocenters. The average molecular weight is 403 g/mol. The zero-order valence-corrected chi connectivity index (χ0v) is 16.2. The maximum absolute atomic E-state index is 12.2. The highest BCUT2D eigenvalue weighted by Crippen LogP contribution is 2.32. The number of aromatic nitrogens is 1. The molecule has 8 nitrogen and oxygen atoms in total. The number of phenolic OH excluding ortho intramolecular Hbond substituents is 1. The van der Waals surface area contributed by atoms with Crippen molar-refractivity contribution < 1.29 is 14.7 Å². The van der Waals surface area contributed by atoms with Gasteiger partial charge in [0, 0.05) is 12.7 Å². The average Bonchev–Trinajstić information content (AvgIpc) is 3.22. The van der Waals surface area contributed by atoms with E-state index in [0.717, 1.165) is 10.4 Å². The van der Waals surface area contributed by atoms with E-state index in [1.807, 2.05) is 13.8 Å². The van der Waals surface area contributed by atoms with Crippen LogP contribution in [0.1, 0.15) is 17.4 Å². The molecule has 2 aromatic rings. The number of amides is 2. The van der Waals surface area contributed by atoms with Gasteiger partial charge in [0.1, 0.15) is 5.75 Å². The van der Waals surface area contributed by atoms with Crippen molar-refractivity contribution in [3.05, 3.63) is 39.7 Å². The van der Waals surface area contributed by atoms with Crippen LogP contribution in [0.15, 0.2) is 34.3 Å². The van der Waals surface area contributed by atoms with Crippen LogP contribution in [-0.4, -0.2) is 34.1 Å². The minimum absolute atomic E-state index is 0.170. The quantitative estimate of drug-likeness (QED) is 0.389. The number of nitrogens with one attached hydrogen (secondary N) is 2. The summed E-state index contributed by atoms with van der Waals surface area (Å²) in [5, 5.41) is 14.5. The zero-order chi connectivity index (χ0) is 19.4. The van der Waals surface area contributed by atoms with E-state index in [0.29, 0.717) is 33.8 Å². The molecular weight excluding hydrogens is 386 g/mol. The number of hydrogen-bond donors (Lipinski definition) is 3. The van der Waals surface area contributed by atoms with Gasteiger partial charge in [0.15, 0.2) is 5.17 Å². The van der Waals surface area contributed by atoms with E-state index < -0.39 is 0 Å². The van der Waals surface area contributed by atoms with Crippen LogP contribution in [-0.2, 0) is 9.59 Å². The van der Waals surface area contributed by atoms with Crippen molar-refractivity contribution in [2.24, 2.45) is 4.99 Å². The summed E-state index contributed by atoms with van der Waals surface area (Å²) >= 11 is 2.51. The van der Waals surface area contributed by atoms with Gasteiger partial charge in [0.2, 0.25) is 11.5 Å². The van der Waals surface area contributed by atoms with Gasteiger partial charge in [-0.05, 0) is 48.5 Å². The monoisotopic (exact) mass is 403 g/mol. The summed E-state index contributed by atoms with van der Waals surface area (Å²) in [4.78, 5) is 33.1. The van der Waals surface area contributed by atoms with Gasteiger partial charge >= 0.3 is 0 Å². The number of benzene rings is 1. The lowest BCUT2D eigenvalue weighted by Gasteiger charge is -2.12. The highest BCUT2D eigenvalue weighted by atomic mass is 32.2. The number of thioether (sulfide) groups is 1. The summed E-state index contributed by atoms with van der Waals surface area (Å²) in [6, 6.07) is 4.85. The first-order valence-electron chi connectivity index (χ1n) is 8.03. The molecule has 0 bridgehead atoms. The van der Waals surface area contributed by atoms with Gasteiger partial charge in [-0.3, -0.25) is 9.59 Å². The maximum Gasteiger partial charge on any atom is 0.264 e. The van der Waals surface area contributed by atoms with Gasteiger partial charge in [-0.25, -0.2) is 20.4 Å². The molecule has 0 saturated carbocycles. The van der Waals surface area contributed by atoms with Crippen LogP contribution in [0.5, 0.6) is 5.75 Å². The second-order valence-corrected chi connectivity index (χ2v) is 7.56. The molecule has 27 heavy (non-hydrogen) atoms. The molecule has 1 aliphatic rings. The van der Waals surface area contributed by atoms with Crippen molar-refractivity contribution in [2.45, 2.75) is 13.8 Å². The first-order chi connectivity index (χ1) is 13.0. The Morgan fingerprint density at radius 2 is 2.26 bits per heavy atom. The Balaban J connectivity index is 1.78. The fourth-order valence-corrected chi connectivity index (χ4v) is 3.96. The minimum atomic E-state index is -0.246. The van der Waals surface area contributed by atoms with Crippen molar-refractivity contribution in [2.75, 3.05) is 11.6 Å². The largest absolute Gasteiger partial charge is 0.508 e. The van der Waals surface area contributed by atoms with Crippen molar-refractivity contribution in [1.82, 2.24) is 15.7 Å². The van der Waals surface area contributed by atoms with Crippen LogP contribution in [0.25, 0.3) is 6.08 Å². The fourth-order valence-electron chi connectivity index (χ4n) is 2.26. The van der Waals surface area contributed by atoms with E-state index >= 15 is 0 Å². The number of nitrogens with zero attached hydrogens (tertiary/aromatic N) is 3.